The van der Waals surface area contributed by atoms with E-state index in [0.717, 1.165) is 4.31 Å². The highest BCUT2D eigenvalue weighted by Crippen LogP contribution is 2.22. The summed E-state index contributed by atoms with van der Waals surface area (Å²) in [7, 11) is -2.57. The summed E-state index contributed by atoms with van der Waals surface area (Å²) >= 11 is 0. The number of hydrogen-bond acceptors (Lipinski definition) is 7. The van der Waals surface area contributed by atoms with Gasteiger partial charge >= 0.3 is 0 Å². The largest absolute Gasteiger partial charge is 0.360 e. The fraction of sp³-hybridized carbons (Fsp3) is 0.417. The highest BCUT2D eigenvalue weighted by Gasteiger charge is 2.29. The van der Waals surface area contributed by atoms with Crippen LogP contribution >= 0.6 is 0 Å². The van der Waals surface area contributed by atoms with Crippen LogP contribution in [0.4, 0.5) is 5.82 Å². The standard InChI is InChI=1S/C12H16N4O5S/c1-7-5-10(15-20-7)13-11(17)6-16(4)22(18,19)12-8(2)14-21-9(12)3/h5H,6H2,1-4H3,(H,13,15,17). The Kier molecular flexibility index (Phi) is 4.33. The maximum atomic E-state index is 12.4. The predicted molar refractivity (Wildman–Crippen MR) is 75.7 cm³/mol. The van der Waals surface area contributed by atoms with Crippen LogP contribution < -0.4 is 5.32 Å². The first kappa shape index (κ1) is 16.2. The Morgan fingerprint density at radius 2 is 1.95 bits per heavy atom. The summed E-state index contributed by atoms with van der Waals surface area (Å²) in [5.41, 5.74) is 0.247. The van der Waals surface area contributed by atoms with E-state index in [4.69, 9.17) is 9.05 Å². The van der Waals surface area contributed by atoms with Gasteiger partial charge in [0.2, 0.25) is 15.9 Å². The first-order valence-electron chi connectivity index (χ1n) is 6.34. The minimum absolute atomic E-state index is 0.0277. The molecular weight excluding hydrogens is 312 g/mol. The number of carbonyl (C=O) groups is 1. The van der Waals surface area contributed by atoms with Crippen LogP contribution in [0.2, 0.25) is 0 Å². The van der Waals surface area contributed by atoms with Gasteiger partial charge in [-0.25, -0.2) is 8.42 Å². The zero-order chi connectivity index (χ0) is 16.5. The van der Waals surface area contributed by atoms with E-state index in [2.05, 4.69) is 15.6 Å². The van der Waals surface area contributed by atoms with Crippen molar-refractivity contribution in [1.82, 2.24) is 14.6 Å². The highest BCUT2D eigenvalue weighted by atomic mass is 32.2. The van der Waals surface area contributed by atoms with Gasteiger partial charge in [0.1, 0.15) is 16.3 Å². The van der Waals surface area contributed by atoms with E-state index >= 15 is 0 Å². The minimum atomic E-state index is -3.87. The molecule has 0 aliphatic carbocycles. The molecule has 0 saturated carbocycles. The van der Waals surface area contributed by atoms with Gasteiger partial charge in [-0.15, -0.1) is 0 Å². The van der Waals surface area contributed by atoms with Gasteiger partial charge in [-0.1, -0.05) is 10.3 Å². The van der Waals surface area contributed by atoms with Crippen LogP contribution in [0.25, 0.3) is 0 Å². The van der Waals surface area contributed by atoms with Crippen LogP contribution in [0.15, 0.2) is 20.0 Å². The molecule has 0 aromatic carbocycles. The topological polar surface area (TPSA) is 119 Å². The van der Waals surface area contributed by atoms with Gasteiger partial charge < -0.3 is 14.4 Å². The lowest BCUT2D eigenvalue weighted by atomic mass is 10.4. The number of aryl methyl sites for hydroxylation is 3. The second-order valence-corrected chi connectivity index (χ2v) is 6.77. The number of sulfonamides is 1. The monoisotopic (exact) mass is 328 g/mol. The van der Waals surface area contributed by atoms with Crippen molar-refractivity contribution in [2.75, 3.05) is 18.9 Å². The molecule has 0 atom stereocenters. The number of anilines is 1. The van der Waals surface area contributed by atoms with Crippen LogP contribution in [-0.4, -0.2) is 42.5 Å². The van der Waals surface area contributed by atoms with Crippen molar-refractivity contribution >= 4 is 21.7 Å². The molecule has 10 heteroatoms. The fourth-order valence-electron chi connectivity index (χ4n) is 1.89. The number of nitrogens with zero attached hydrogens (tertiary/aromatic N) is 3. The Morgan fingerprint density at radius 3 is 2.45 bits per heavy atom. The summed E-state index contributed by atoms with van der Waals surface area (Å²) in [6.45, 7) is 4.32. The number of rotatable bonds is 5. The molecule has 2 rings (SSSR count). The molecule has 9 nitrogen and oxygen atoms in total. The molecule has 120 valence electrons. The third-order valence-electron chi connectivity index (χ3n) is 2.90. The van der Waals surface area contributed by atoms with E-state index in [1.165, 1.54) is 27.0 Å². The normalized spacial score (nSPS) is 11.9. The Morgan fingerprint density at radius 1 is 1.27 bits per heavy atom. The minimum Gasteiger partial charge on any atom is -0.360 e. The van der Waals surface area contributed by atoms with Gasteiger partial charge in [0.15, 0.2) is 11.6 Å². The molecule has 0 unspecified atom stereocenters. The summed E-state index contributed by atoms with van der Waals surface area (Å²) in [6.07, 6.45) is 0. The van der Waals surface area contributed by atoms with Gasteiger partial charge in [0.05, 0.1) is 6.54 Å². The van der Waals surface area contributed by atoms with Crippen molar-refractivity contribution in [3.05, 3.63) is 23.3 Å². The van der Waals surface area contributed by atoms with E-state index < -0.39 is 15.9 Å². The maximum Gasteiger partial charge on any atom is 0.248 e. The fourth-order valence-corrected chi connectivity index (χ4v) is 3.30. The summed E-state index contributed by atoms with van der Waals surface area (Å²) in [5, 5.41) is 9.67. The number of nitrogens with one attached hydrogen (secondary N) is 1. The van der Waals surface area contributed by atoms with Crippen LogP contribution in [0.5, 0.6) is 0 Å². The van der Waals surface area contributed by atoms with Crippen molar-refractivity contribution < 1.29 is 22.3 Å². The van der Waals surface area contributed by atoms with E-state index in [9.17, 15) is 13.2 Å². The zero-order valence-corrected chi connectivity index (χ0v) is 13.4. The number of carbonyl (C=O) groups excluding carboxylic acids is 1. The molecule has 1 amide bonds. The second kappa shape index (κ2) is 5.89. The summed E-state index contributed by atoms with van der Waals surface area (Å²) in [6, 6.07) is 1.53. The van der Waals surface area contributed by atoms with Crippen LogP contribution in [0.3, 0.4) is 0 Å². The van der Waals surface area contributed by atoms with Crippen LogP contribution in [-0.2, 0) is 14.8 Å². The molecule has 0 bridgehead atoms. The van der Waals surface area contributed by atoms with Crippen molar-refractivity contribution in [1.29, 1.82) is 0 Å². The van der Waals surface area contributed by atoms with Crippen molar-refractivity contribution in [2.45, 2.75) is 25.7 Å². The Hall–Kier alpha value is -2.20. The summed E-state index contributed by atoms with van der Waals surface area (Å²) < 4.78 is 35.5. The molecule has 2 heterocycles. The van der Waals surface area contributed by atoms with Gasteiger partial charge in [0.25, 0.3) is 0 Å². The first-order chi connectivity index (χ1) is 10.2. The molecule has 1 N–H and O–H groups in total. The van der Waals surface area contributed by atoms with Crippen LogP contribution in [0.1, 0.15) is 17.2 Å². The molecule has 0 radical (unpaired) electrons. The average Bonchev–Trinajstić information content (AvgIpc) is 2.95. The number of amides is 1. The van der Waals surface area contributed by atoms with Gasteiger partial charge in [-0.3, -0.25) is 4.79 Å². The lowest BCUT2D eigenvalue weighted by molar-refractivity contribution is -0.116. The number of likely N-dealkylation sites (N-methyl/N-ethyl adjacent to an activating group) is 1. The summed E-state index contributed by atoms with van der Waals surface area (Å²) in [5.74, 6) is 0.403. The van der Waals surface area contributed by atoms with E-state index in [-0.39, 0.29) is 28.7 Å². The lowest BCUT2D eigenvalue weighted by Gasteiger charge is -2.15. The molecular formula is C12H16N4O5S. The zero-order valence-electron chi connectivity index (χ0n) is 12.6. The van der Waals surface area contributed by atoms with Crippen molar-refractivity contribution in [3.63, 3.8) is 0 Å². The van der Waals surface area contributed by atoms with Crippen molar-refractivity contribution in [3.8, 4) is 0 Å². The van der Waals surface area contributed by atoms with E-state index in [1.807, 2.05) is 0 Å². The Balaban J connectivity index is 2.11. The highest BCUT2D eigenvalue weighted by molar-refractivity contribution is 7.89. The Labute approximate surface area is 127 Å². The van der Waals surface area contributed by atoms with Crippen molar-refractivity contribution in [2.24, 2.45) is 0 Å². The van der Waals surface area contributed by atoms with E-state index in [1.54, 1.807) is 6.92 Å². The molecule has 2 aromatic heterocycles. The molecule has 0 aliphatic rings. The maximum absolute atomic E-state index is 12.4. The predicted octanol–water partition coefficient (Wildman–Crippen LogP) is 0.847. The van der Waals surface area contributed by atoms with E-state index in [0.29, 0.717) is 5.76 Å². The molecule has 0 fully saturated rings. The van der Waals surface area contributed by atoms with Crippen LogP contribution in [0, 0.1) is 20.8 Å². The van der Waals surface area contributed by atoms with Gasteiger partial charge in [0, 0.05) is 13.1 Å². The lowest BCUT2D eigenvalue weighted by Crippen LogP contribution is -2.35. The quantitative estimate of drug-likeness (QED) is 0.864. The average molecular weight is 328 g/mol. The van der Waals surface area contributed by atoms with Gasteiger partial charge in [-0.2, -0.15) is 4.31 Å². The number of hydrogen-bond donors (Lipinski definition) is 1. The van der Waals surface area contributed by atoms with Gasteiger partial charge in [-0.05, 0) is 20.8 Å². The third-order valence-corrected chi connectivity index (χ3v) is 4.95. The molecule has 0 spiro atoms. The molecule has 2 aromatic rings. The Bertz CT molecular complexity index is 773. The number of aromatic nitrogens is 2. The SMILES string of the molecule is Cc1cc(NC(=O)CN(C)S(=O)(=O)c2c(C)noc2C)no1. The second-order valence-electron chi connectivity index (χ2n) is 4.79. The first-order valence-corrected chi connectivity index (χ1v) is 7.78. The molecule has 0 saturated heterocycles. The molecule has 0 aliphatic heterocycles. The third kappa shape index (κ3) is 3.17. The smallest absolute Gasteiger partial charge is 0.248 e. The molecule has 22 heavy (non-hydrogen) atoms. The summed E-state index contributed by atoms with van der Waals surface area (Å²) in [4.78, 5) is 11.9.